The third-order valence-electron chi connectivity index (χ3n) is 2.76. The summed E-state index contributed by atoms with van der Waals surface area (Å²) in [6.07, 6.45) is 3.23. The second-order valence-corrected chi connectivity index (χ2v) is 4.99. The van der Waals surface area contributed by atoms with Crippen molar-refractivity contribution in [2.75, 3.05) is 7.11 Å². The van der Waals surface area contributed by atoms with Gasteiger partial charge in [0.1, 0.15) is 5.69 Å². The fraction of sp³-hybridized carbons (Fsp3) is 0.214. The molecule has 2 aromatic heterocycles. The largest absolute Gasteiger partial charge is 0.464 e. The number of aromatic nitrogens is 2. The van der Waals surface area contributed by atoms with Crippen molar-refractivity contribution < 1.29 is 9.53 Å². The minimum absolute atomic E-state index is 0.279. The molecule has 5 nitrogen and oxygen atoms in total. The van der Waals surface area contributed by atoms with Gasteiger partial charge in [0, 0.05) is 25.5 Å². The zero-order valence-corrected chi connectivity index (χ0v) is 12.8. The van der Waals surface area contributed by atoms with E-state index < -0.39 is 5.97 Å². The quantitative estimate of drug-likeness (QED) is 0.856. The second kappa shape index (κ2) is 7.36. The Labute approximate surface area is 132 Å². The molecule has 0 amide bonds. The van der Waals surface area contributed by atoms with Crippen LogP contribution in [0.1, 0.15) is 21.7 Å². The van der Waals surface area contributed by atoms with Gasteiger partial charge in [0.25, 0.3) is 0 Å². The lowest BCUT2D eigenvalue weighted by Gasteiger charge is -2.07. The smallest absolute Gasteiger partial charge is 0.356 e. The number of rotatable bonds is 5. The molecule has 2 aromatic rings. The Hall–Kier alpha value is -1.69. The summed E-state index contributed by atoms with van der Waals surface area (Å²) in [6, 6.07) is 5.07. The molecule has 110 valence electrons. The molecule has 0 saturated carbocycles. The molecule has 0 aliphatic heterocycles. The van der Waals surface area contributed by atoms with Crippen molar-refractivity contribution >= 4 is 29.2 Å². The van der Waals surface area contributed by atoms with Crippen LogP contribution in [-0.4, -0.2) is 23.0 Å². The number of nitrogens with zero attached hydrogens (tertiary/aromatic N) is 2. The first kappa shape index (κ1) is 15.7. The molecule has 21 heavy (non-hydrogen) atoms. The van der Waals surface area contributed by atoms with Gasteiger partial charge >= 0.3 is 5.97 Å². The van der Waals surface area contributed by atoms with Crippen LogP contribution in [0.3, 0.4) is 0 Å². The van der Waals surface area contributed by atoms with E-state index in [-0.39, 0.29) is 5.69 Å². The number of carbonyl (C=O) groups is 1. The van der Waals surface area contributed by atoms with Gasteiger partial charge in [-0.1, -0.05) is 29.3 Å². The summed E-state index contributed by atoms with van der Waals surface area (Å²) in [6.45, 7) is 1.05. The van der Waals surface area contributed by atoms with Crippen LogP contribution < -0.4 is 5.32 Å². The number of esters is 1. The van der Waals surface area contributed by atoms with E-state index in [2.05, 4.69) is 20.0 Å². The van der Waals surface area contributed by atoms with Gasteiger partial charge in [-0.3, -0.25) is 4.98 Å². The average Bonchev–Trinajstić information content (AvgIpc) is 2.51. The van der Waals surface area contributed by atoms with Crippen LogP contribution >= 0.6 is 23.2 Å². The maximum absolute atomic E-state index is 11.3. The maximum atomic E-state index is 11.3. The van der Waals surface area contributed by atoms with Crippen molar-refractivity contribution in [1.29, 1.82) is 0 Å². The normalized spacial score (nSPS) is 10.4. The van der Waals surface area contributed by atoms with E-state index in [0.29, 0.717) is 28.8 Å². The van der Waals surface area contributed by atoms with Gasteiger partial charge in [-0.25, -0.2) is 9.78 Å². The summed E-state index contributed by atoms with van der Waals surface area (Å²) in [5.41, 5.74) is 1.89. The fourth-order valence-electron chi connectivity index (χ4n) is 1.66. The predicted octanol–water partition coefficient (Wildman–Crippen LogP) is 2.86. The number of hydrogen-bond donors (Lipinski definition) is 1. The molecule has 0 bridgehead atoms. The minimum Gasteiger partial charge on any atom is -0.464 e. The molecule has 0 saturated heterocycles. The fourth-order valence-corrected chi connectivity index (χ4v) is 2.01. The first-order valence-electron chi connectivity index (χ1n) is 6.14. The zero-order valence-electron chi connectivity index (χ0n) is 11.3. The lowest BCUT2D eigenvalue weighted by Crippen LogP contribution is -2.14. The molecular formula is C14H13Cl2N3O2. The molecule has 0 aromatic carbocycles. The van der Waals surface area contributed by atoms with E-state index in [1.165, 1.54) is 7.11 Å². The van der Waals surface area contributed by atoms with Gasteiger partial charge in [0.15, 0.2) is 0 Å². The monoisotopic (exact) mass is 325 g/mol. The van der Waals surface area contributed by atoms with Crippen LogP contribution in [0.5, 0.6) is 0 Å². The van der Waals surface area contributed by atoms with E-state index >= 15 is 0 Å². The summed E-state index contributed by atoms with van der Waals surface area (Å²) < 4.78 is 4.59. The van der Waals surface area contributed by atoms with Crippen LogP contribution in [0.25, 0.3) is 0 Å². The average molecular weight is 326 g/mol. The Kier molecular flexibility index (Phi) is 5.50. The topological polar surface area (TPSA) is 64.1 Å². The number of nitrogens with one attached hydrogen (secondary N) is 1. The molecule has 0 fully saturated rings. The molecule has 1 N–H and O–H groups in total. The SMILES string of the molecule is COC(=O)c1ccc(CNCc2nccc(Cl)c2Cl)cn1. The lowest BCUT2D eigenvalue weighted by atomic mass is 10.2. The van der Waals surface area contributed by atoms with Crippen LogP contribution in [0, 0.1) is 0 Å². The highest BCUT2D eigenvalue weighted by Gasteiger charge is 2.07. The molecule has 0 radical (unpaired) electrons. The van der Waals surface area contributed by atoms with E-state index in [1.54, 1.807) is 30.6 Å². The number of hydrogen-bond acceptors (Lipinski definition) is 5. The number of ether oxygens (including phenoxy) is 1. The molecule has 0 atom stereocenters. The molecule has 2 heterocycles. The van der Waals surface area contributed by atoms with Crippen LogP contribution in [0.4, 0.5) is 0 Å². The van der Waals surface area contributed by atoms with Crippen molar-refractivity contribution in [1.82, 2.24) is 15.3 Å². The Bertz CT molecular complexity index is 633. The highest BCUT2D eigenvalue weighted by molar-refractivity contribution is 6.42. The Morgan fingerprint density at radius 1 is 1.24 bits per heavy atom. The van der Waals surface area contributed by atoms with Crippen molar-refractivity contribution in [3.05, 3.63) is 57.6 Å². The third-order valence-corrected chi connectivity index (χ3v) is 3.59. The molecule has 0 spiro atoms. The number of carbonyl (C=O) groups excluding carboxylic acids is 1. The van der Waals surface area contributed by atoms with Crippen molar-refractivity contribution in [3.63, 3.8) is 0 Å². The predicted molar refractivity (Wildman–Crippen MR) is 80.4 cm³/mol. The van der Waals surface area contributed by atoms with Crippen LogP contribution in [-0.2, 0) is 17.8 Å². The highest BCUT2D eigenvalue weighted by Crippen LogP contribution is 2.23. The van der Waals surface area contributed by atoms with Crippen molar-refractivity contribution in [2.24, 2.45) is 0 Å². The van der Waals surface area contributed by atoms with Gasteiger partial charge in [0.2, 0.25) is 0 Å². The highest BCUT2D eigenvalue weighted by atomic mass is 35.5. The van der Waals surface area contributed by atoms with Crippen molar-refractivity contribution in [2.45, 2.75) is 13.1 Å². The lowest BCUT2D eigenvalue weighted by molar-refractivity contribution is 0.0594. The summed E-state index contributed by atoms with van der Waals surface area (Å²) >= 11 is 12.0. The molecule has 0 unspecified atom stereocenters. The van der Waals surface area contributed by atoms with Gasteiger partial charge in [-0.2, -0.15) is 0 Å². The standard InChI is InChI=1S/C14H13Cl2N3O2/c1-21-14(20)11-3-2-9(7-19-11)6-17-8-12-13(16)10(15)4-5-18-12/h2-5,7,17H,6,8H2,1H3. The van der Waals surface area contributed by atoms with Gasteiger partial charge < -0.3 is 10.1 Å². The summed E-state index contributed by atoms with van der Waals surface area (Å²) in [4.78, 5) is 19.4. The van der Waals surface area contributed by atoms with Crippen LogP contribution in [0.2, 0.25) is 10.0 Å². The van der Waals surface area contributed by atoms with E-state index in [0.717, 1.165) is 5.56 Å². The molecule has 7 heteroatoms. The number of methoxy groups -OCH3 is 1. The minimum atomic E-state index is -0.454. The van der Waals surface area contributed by atoms with Crippen LogP contribution in [0.15, 0.2) is 30.6 Å². The molecule has 0 aliphatic carbocycles. The summed E-state index contributed by atoms with van der Waals surface area (Å²) in [5, 5.41) is 4.12. The van der Waals surface area contributed by atoms with Gasteiger partial charge in [-0.15, -0.1) is 0 Å². The first-order chi connectivity index (χ1) is 10.1. The van der Waals surface area contributed by atoms with E-state index in [1.807, 2.05) is 0 Å². The van der Waals surface area contributed by atoms with E-state index in [9.17, 15) is 4.79 Å². The third kappa shape index (κ3) is 4.14. The first-order valence-corrected chi connectivity index (χ1v) is 6.90. The summed E-state index contributed by atoms with van der Waals surface area (Å²) in [5.74, 6) is -0.454. The second-order valence-electron chi connectivity index (χ2n) is 4.20. The number of pyridine rings is 2. The van der Waals surface area contributed by atoms with E-state index in [4.69, 9.17) is 23.2 Å². The maximum Gasteiger partial charge on any atom is 0.356 e. The number of halogens is 2. The molecular weight excluding hydrogens is 313 g/mol. The van der Waals surface area contributed by atoms with Gasteiger partial charge in [-0.05, 0) is 17.7 Å². The molecule has 0 aliphatic rings. The molecule has 2 rings (SSSR count). The van der Waals surface area contributed by atoms with Crippen molar-refractivity contribution in [3.8, 4) is 0 Å². The van der Waals surface area contributed by atoms with Gasteiger partial charge in [0.05, 0.1) is 22.8 Å². The zero-order chi connectivity index (χ0) is 15.2. The summed E-state index contributed by atoms with van der Waals surface area (Å²) in [7, 11) is 1.32. The Morgan fingerprint density at radius 3 is 2.71 bits per heavy atom. The Balaban J connectivity index is 1.91. The Morgan fingerprint density at radius 2 is 2.05 bits per heavy atom.